The van der Waals surface area contributed by atoms with Crippen molar-refractivity contribution >= 4 is 23.4 Å². The monoisotopic (exact) mass is 363 g/mol. The number of amides is 3. The van der Waals surface area contributed by atoms with Gasteiger partial charge >= 0.3 is 0 Å². The molecular formula is C19H31N4O3+. The molecule has 0 heterocycles. The molecule has 1 unspecified atom stereocenters. The summed E-state index contributed by atoms with van der Waals surface area (Å²) in [5.74, 6) is -0.250. The van der Waals surface area contributed by atoms with Gasteiger partial charge in [0.25, 0.3) is 17.7 Å². The number of quaternary nitrogens is 1. The normalized spacial score (nSPS) is 11.5. The van der Waals surface area contributed by atoms with Gasteiger partial charge < -0.3 is 20.4 Å². The summed E-state index contributed by atoms with van der Waals surface area (Å²) in [5.41, 5.74) is 1.23. The summed E-state index contributed by atoms with van der Waals surface area (Å²) < 4.78 is 0. The SMILES string of the molecule is CCCNC(=O)C[NH+](C)CC(=O)Nc1ccc(C(=O)N(CC)CC)cc1. The molecule has 0 bridgehead atoms. The van der Waals surface area contributed by atoms with Gasteiger partial charge in [-0.3, -0.25) is 14.4 Å². The van der Waals surface area contributed by atoms with Crippen LogP contribution in [0.3, 0.4) is 0 Å². The quantitative estimate of drug-likeness (QED) is 0.553. The van der Waals surface area contributed by atoms with Gasteiger partial charge in [-0.15, -0.1) is 0 Å². The second-order valence-electron chi connectivity index (χ2n) is 6.26. The smallest absolute Gasteiger partial charge is 0.279 e. The Kier molecular flexibility index (Phi) is 9.36. The number of carbonyl (C=O) groups excluding carboxylic acids is 3. The first kappa shape index (κ1) is 21.6. The van der Waals surface area contributed by atoms with Crippen molar-refractivity contribution in [2.75, 3.05) is 45.1 Å². The van der Waals surface area contributed by atoms with Gasteiger partial charge in [-0.05, 0) is 44.5 Å². The summed E-state index contributed by atoms with van der Waals surface area (Å²) >= 11 is 0. The van der Waals surface area contributed by atoms with Crippen molar-refractivity contribution in [2.24, 2.45) is 0 Å². The molecule has 0 saturated heterocycles. The molecule has 144 valence electrons. The first-order valence-corrected chi connectivity index (χ1v) is 9.18. The average Bonchev–Trinajstić information content (AvgIpc) is 2.61. The molecule has 0 aromatic heterocycles. The lowest BCUT2D eigenvalue weighted by Crippen LogP contribution is -3.11. The number of carbonyl (C=O) groups is 3. The van der Waals surface area contributed by atoms with Crippen LogP contribution in [0.25, 0.3) is 0 Å². The van der Waals surface area contributed by atoms with Crippen molar-refractivity contribution in [2.45, 2.75) is 27.2 Å². The number of likely N-dealkylation sites (N-methyl/N-ethyl adjacent to an activating group) is 1. The topological polar surface area (TPSA) is 83.0 Å². The van der Waals surface area contributed by atoms with E-state index in [0.29, 0.717) is 30.9 Å². The van der Waals surface area contributed by atoms with E-state index in [2.05, 4.69) is 10.6 Å². The van der Waals surface area contributed by atoms with Crippen LogP contribution < -0.4 is 15.5 Å². The Morgan fingerprint density at radius 1 is 0.962 bits per heavy atom. The average molecular weight is 363 g/mol. The molecule has 0 spiro atoms. The molecule has 3 amide bonds. The van der Waals surface area contributed by atoms with Gasteiger partial charge in [0, 0.05) is 30.9 Å². The fourth-order valence-electron chi connectivity index (χ4n) is 2.53. The molecular weight excluding hydrogens is 332 g/mol. The Morgan fingerprint density at radius 2 is 1.54 bits per heavy atom. The van der Waals surface area contributed by atoms with Crippen molar-refractivity contribution < 1.29 is 19.3 Å². The summed E-state index contributed by atoms with van der Waals surface area (Å²) in [6.45, 7) is 8.30. The van der Waals surface area contributed by atoms with Gasteiger partial charge in [0.2, 0.25) is 0 Å². The van der Waals surface area contributed by atoms with Crippen molar-refractivity contribution in [3.05, 3.63) is 29.8 Å². The minimum atomic E-state index is -0.173. The van der Waals surface area contributed by atoms with Crippen LogP contribution in [0.1, 0.15) is 37.6 Å². The zero-order valence-electron chi connectivity index (χ0n) is 16.2. The number of nitrogens with zero attached hydrogens (tertiary/aromatic N) is 1. The van der Waals surface area contributed by atoms with Crippen LogP contribution in [-0.2, 0) is 9.59 Å². The summed E-state index contributed by atoms with van der Waals surface area (Å²) in [5, 5.41) is 5.59. The maximum absolute atomic E-state index is 12.3. The van der Waals surface area contributed by atoms with Gasteiger partial charge in [-0.25, -0.2) is 0 Å². The second kappa shape index (κ2) is 11.3. The number of rotatable bonds is 10. The molecule has 1 atom stereocenters. The number of hydrogen-bond acceptors (Lipinski definition) is 3. The van der Waals surface area contributed by atoms with E-state index in [0.717, 1.165) is 11.3 Å². The molecule has 0 aliphatic rings. The van der Waals surface area contributed by atoms with E-state index in [9.17, 15) is 14.4 Å². The Balaban J connectivity index is 2.52. The van der Waals surface area contributed by atoms with E-state index < -0.39 is 0 Å². The number of nitrogens with one attached hydrogen (secondary N) is 3. The molecule has 1 aromatic rings. The number of anilines is 1. The molecule has 0 aliphatic heterocycles. The van der Waals surface area contributed by atoms with E-state index in [-0.39, 0.29) is 30.8 Å². The largest absolute Gasteiger partial charge is 0.351 e. The van der Waals surface area contributed by atoms with E-state index in [1.165, 1.54) is 0 Å². The Bertz CT molecular complexity index is 597. The lowest BCUT2D eigenvalue weighted by molar-refractivity contribution is -0.862. The maximum Gasteiger partial charge on any atom is 0.279 e. The summed E-state index contributed by atoms with van der Waals surface area (Å²) in [6, 6.07) is 6.87. The lowest BCUT2D eigenvalue weighted by atomic mass is 10.1. The van der Waals surface area contributed by atoms with Crippen LogP contribution >= 0.6 is 0 Å². The molecule has 26 heavy (non-hydrogen) atoms. The van der Waals surface area contributed by atoms with Crippen molar-refractivity contribution in [1.82, 2.24) is 10.2 Å². The summed E-state index contributed by atoms with van der Waals surface area (Å²) in [7, 11) is 1.80. The molecule has 7 heteroatoms. The van der Waals surface area contributed by atoms with E-state index >= 15 is 0 Å². The third kappa shape index (κ3) is 7.23. The van der Waals surface area contributed by atoms with Crippen LogP contribution in [0.4, 0.5) is 5.69 Å². The molecule has 1 aromatic carbocycles. The molecule has 3 N–H and O–H groups in total. The summed E-state index contributed by atoms with van der Waals surface area (Å²) in [4.78, 5) is 38.6. The van der Waals surface area contributed by atoms with Gasteiger partial charge in [-0.2, -0.15) is 0 Å². The van der Waals surface area contributed by atoms with Crippen LogP contribution in [-0.4, -0.2) is 62.4 Å². The van der Waals surface area contributed by atoms with Gasteiger partial charge in [0.15, 0.2) is 13.1 Å². The van der Waals surface area contributed by atoms with Gasteiger partial charge in [0.05, 0.1) is 7.05 Å². The summed E-state index contributed by atoms with van der Waals surface area (Å²) in [6.07, 6.45) is 0.887. The van der Waals surface area contributed by atoms with E-state index in [4.69, 9.17) is 0 Å². The van der Waals surface area contributed by atoms with E-state index in [1.807, 2.05) is 20.8 Å². The fraction of sp³-hybridized carbons (Fsp3) is 0.526. The standard InChI is InChI=1S/C19H30N4O3/c1-5-12-20-17(24)13-22(4)14-18(25)21-16-10-8-15(9-11-16)19(26)23(6-2)7-3/h8-11H,5-7,12-14H2,1-4H3,(H,20,24)(H,21,25)/p+1. The predicted octanol–water partition coefficient (Wildman–Crippen LogP) is 0.148. The van der Waals surface area contributed by atoms with Crippen molar-refractivity contribution in [3.8, 4) is 0 Å². The molecule has 0 radical (unpaired) electrons. The highest BCUT2D eigenvalue weighted by Crippen LogP contribution is 2.11. The Morgan fingerprint density at radius 3 is 2.08 bits per heavy atom. The highest BCUT2D eigenvalue weighted by atomic mass is 16.2. The molecule has 0 saturated carbocycles. The minimum Gasteiger partial charge on any atom is -0.351 e. The van der Waals surface area contributed by atoms with Crippen LogP contribution in [0.15, 0.2) is 24.3 Å². The van der Waals surface area contributed by atoms with Crippen molar-refractivity contribution in [3.63, 3.8) is 0 Å². The second-order valence-corrected chi connectivity index (χ2v) is 6.26. The first-order chi connectivity index (χ1) is 12.4. The highest BCUT2D eigenvalue weighted by molar-refractivity contribution is 5.96. The maximum atomic E-state index is 12.3. The molecule has 0 aliphatic carbocycles. The number of hydrogen-bond donors (Lipinski definition) is 3. The van der Waals surface area contributed by atoms with Crippen LogP contribution in [0, 0.1) is 0 Å². The highest BCUT2D eigenvalue weighted by Gasteiger charge is 2.15. The predicted molar refractivity (Wildman–Crippen MR) is 102 cm³/mol. The molecule has 7 nitrogen and oxygen atoms in total. The van der Waals surface area contributed by atoms with Crippen LogP contribution in [0.2, 0.25) is 0 Å². The molecule has 0 fully saturated rings. The minimum absolute atomic E-state index is 0.0184. The lowest BCUT2D eigenvalue weighted by Gasteiger charge is -2.18. The Hall–Kier alpha value is -2.41. The zero-order valence-corrected chi connectivity index (χ0v) is 16.2. The number of benzene rings is 1. The third-order valence-corrected chi connectivity index (χ3v) is 3.96. The first-order valence-electron chi connectivity index (χ1n) is 9.18. The molecule has 1 rings (SSSR count). The van der Waals surface area contributed by atoms with E-state index in [1.54, 1.807) is 36.2 Å². The van der Waals surface area contributed by atoms with Gasteiger partial charge in [0.1, 0.15) is 0 Å². The Labute approximate surface area is 155 Å². The van der Waals surface area contributed by atoms with Gasteiger partial charge in [-0.1, -0.05) is 6.92 Å². The van der Waals surface area contributed by atoms with Crippen LogP contribution in [0.5, 0.6) is 0 Å². The zero-order chi connectivity index (χ0) is 19.5. The third-order valence-electron chi connectivity index (χ3n) is 3.96. The van der Waals surface area contributed by atoms with Crippen molar-refractivity contribution in [1.29, 1.82) is 0 Å². The fourth-order valence-corrected chi connectivity index (χ4v) is 2.53.